The fourth-order valence-corrected chi connectivity index (χ4v) is 4.52. The molecule has 1 heterocycles. The normalized spacial score (nSPS) is 12.7. The Kier molecular flexibility index (Phi) is 11.2. The Labute approximate surface area is 208 Å². The third kappa shape index (κ3) is 7.92. The lowest BCUT2D eigenvalue weighted by atomic mass is 10.1. The maximum absolute atomic E-state index is 12.8. The van der Waals surface area contributed by atoms with E-state index in [2.05, 4.69) is 14.7 Å². The Balaban J connectivity index is 0.000000970. The minimum absolute atomic E-state index is 0.533. The first kappa shape index (κ1) is 28.0. The second-order valence-corrected chi connectivity index (χ2v) is 8.64. The van der Waals surface area contributed by atoms with Gasteiger partial charge in [0, 0.05) is 28.9 Å². The molecule has 0 amide bonds. The van der Waals surface area contributed by atoms with Crippen molar-refractivity contribution >= 4 is 23.7 Å². The van der Waals surface area contributed by atoms with Crippen LogP contribution in [0.25, 0.3) is 11.3 Å². The Bertz CT molecular complexity index is 1030. The minimum atomic E-state index is -4.35. The number of methoxy groups -OCH3 is 1. The summed E-state index contributed by atoms with van der Waals surface area (Å²) in [6, 6.07) is 11.3. The van der Waals surface area contributed by atoms with E-state index in [0.29, 0.717) is 21.7 Å². The zero-order valence-corrected chi connectivity index (χ0v) is 21.6. The topological polar surface area (TPSA) is 47.0 Å². The van der Waals surface area contributed by atoms with Crippen molar-refractivity contribution in [2.45, 2.75) is 67.6 Å². The SMILES string of the molecule is CC.CC.COc1ccc(-c2nccnc2Sc2ccc(C(F)(F)F)cc2)cc1SNC1CC1. The Hall–Kier alpha value is -2.23. The molecule has 1 aromatic heterocycles. The van der Waals surface area contributed by atoms with Crippen molar-refractivity contribution in [1.82, 2.24) is 14.7 Å². The quantitative estimate of drug-likeness (QED) is 0.324. The first-order valence-electron chi connectivity index (χ1n) is 11.2. The van der Waals surface area contributed by atoms with E-state index in [9.17, 15) is 13.2 Å². The number of ether oxygens (including phenoxy) is 1. The number of halogens is 3. The summed E-state index contributed by atoms with van der Waals surface area (Å²) in [7, 11) is 1.63. The van der Waals surface area contributed by atoms with Gasteiger partial charge in [-0.2, -0.15) is 13.2 Å². The highest BCUT2D eigenvalue weighted by Gasteiger charge is 2.30. The minimum Gasteiger partial charge on any atom is -0.496 e. The fraction of sp³-hybridized carbons (Fsp3) is 0.360. The van der Waals surface area contributed by atoms with Gasteiger partial charge in [-0.1, -0.05) is 39.5 Å². The molecule has 2 aromatic carbocycles. The molecular formula is C25H30F3N3OS2. The molecule has 1 aliphatic carbocycles. The molecule has 1 aliphatic rings. The van der Waals surface area contributed by atoms with Crippen LogP contribution < -0.4 is 9.46 Å². The van der Waals surface area contributed by atoms with Crippen molar-refractivity contribution in [3.63, 3.8) is 0 Å². The van der Waals surface area contributed by atoms with Gasteiger partial charge in [-0.3, -0.25) is 9.71 Å². The Morgan fingerprint density at radius 3 is 2.18 bits per heavy atom. The van der Waals surface area contributed by atoms with Crippen LogP contribution in [-0.4, -0.2) is 23.1 Å². The molecule has 1 N–H and O–H groups in total. The van der Waals surface area contributed by atoms with Gasteiger partial charge in [-0.25, -0.2) is 4.98 Å². The van der Waals surface area contributed by atoms with Gasteiger partial charge in [0.25, 0.3) is 0 Å². The number of nitrogens with zero attached hydrogens (tertiary/aromatic N) is 2. The first-order chi connectivity index (χ1) is 16.4. The Morgan fingerprint density at radius 2 is 1.59 bits per heavy atom. The van der Waals surface area contributed by atoms with Crippen LogP contribution in [0.15, 0.2) is 69.7 Å². The molecule has 184 valence electrons. The molecule has 1 saturated carbocycles. The fourth-order valence-electron chi connectivity index (χ4n) is 2.67. The van der Waals surface area contributed by atoms with Crippen LogP contribution in [0.1, 0.15) is 46.1 Å². The maximum Gasteiger partial charge on any atom is 0.416 e. The van der Waals surface area contributed by atoms with Crippen LogP contribution in [0.3, 0.4) is 0 Å². The van der Waals surface area contributed by atoms with E-state index in [0.717, 1.165) is 28.3 Å². The molecule has 0 unspecified atom stereocenters. The zero-order valence-electron chi connectivity index (χ0n) is 19.9. The Morgan fingerprint density at radius 1 is 0.941 bits per heavy atom. The van der Waals surface area contributed by atoms with Crippen LogP contribution in [0, 0.1) is 0 Å². The molecule has 1 fully saturated rings. The molecule has 0 aliphatic heterocycles. The highest BCUT2D eigenvalue weighted by Crippen LogP contribution is 2.38. The van der Waals surface area contributed by atoms with Crippen molar-refractivity contribution in [1.29, 1.82) is 0 Å². The van der Waals surface area contributed by atoms with Gasteiger partial charge in [-0.05, 0) is 67.3 Å². The summed E-state index contributed by atoms with van der Waals surface area (Å²) in [5.74, 6) is 0.762. The summed E-state index contributed by atoms with van der Waals surface area (Å²) in [6.07, 6.45) is 1.17. The van der Waals surface area contributed by atoms with Gasteiger partial charge >= 0.3 is 6.18 Å². The molecule has 0 bridgehead atoms. The summed E-state index contributed by atoms with van der Waals surface area (Å²) in [5, 5.41) is 0.619. The molecule has 4 nitrogen and oxygen atoms in total. The molecule has 34 heavy (non-hydrogen) atoms. The van der Waals surface area contributed by atoms with Gasteiger partial charge in [0.2, 0.25) is 0 Å². The van der Waals surface area contributed by atoms with Gasteiger partial charge in [0.15, 0.2) is 0 Å². The first-order valence-corrected chi connectivity index (χ1v) is 12.8. The van der Waals surface area contributed by atoms with E-state index in [1.807, 2.05) is 45.9 Å². The van der Waals surface area contributed by atoms with E-state index in [-0.39, 0.29) is 0 Å². The van der Waals surface area contributed by atoms with Crippen molar-refractivity contribution in [2.75, 3.05) is 7.11 Å². The lowest BCUT2D eigenvalue weighted by Gasteiger charge is -2.12. The summed E-state index contributed by atoms with van der Waals surface area (Å²) >= 11 is 2.81. The smallest absolute Gasteiger partial charge is 0.416 e. The van der Waals surface area contributed by atoms with E-state index < -0.39 is 11.7 Å². The van der Waals surface area contributed by atoms with Crippen molar-refractivity contribution < 1.29 is 17.9 Å². The summed E-state index contributed by atoms with van der Waals surface area (Å²) in [6.45, 7) is 8.00. The number of alkyl halides is 3. The zero-order chi connectivity index (χ0) is 25.1. The highest BCUT2D eigenvalue weighted by atomic mass is 32.2. The van der Waals surface area contributed by atoms with Gasteiger partial charge < -0.3 is 4.74 Å². The average molecular weight is 510 g/mol. The lowest BCUT2D eigenvalue weighted by Crippen LogP contribution is -2.05. The van der Waals surface area contributed by atoms with Crippen LogP contribution in [-0.2, 0) is 6.18 Å². The van der Waals surface area contributed by atoms with Gasteiger partial charge in [-0.15, -0.1) is 0 Å². The van der Waals surface area contributed by atoms with Crippen LogP contribution >= 0.6 is 23.7 Å². The molecule has 0 atom stereocenters. The predicted octanol–water partition coefficient (Wildman–Crippen LogP) is 8.13. The lowest BCUT2D eigenvalue weighted by molar-refractivity contribution is -0.137. The predicted molar refractivity (Wildman–Crippen MR) is 134 cm³/mol. The summed E-state index contributed by atoms with van der Waals surface area (Å²) in [4.78, 5) is 10.5. The standard InChI is InChI=1S/C21H18F3N3OS2.2C2H6/c1-28-17-9-2-13(12-18(17)30-27-15-5-6-15)19-20(26-11-10-25-19)29-16-7-3-14(4-8-16)21(22,23)24;2*1-2/h2-4,7-12,15,27H,5-6H2,1H3;2*1-2H3. The number of aromatic nitrogens is 2. The van der Waals surface area contributed by atoms with Crippen LogP contribution in [0.2, 0.25) is 0 Å². The maximum atomic E-state index is 12.8. The third-order valence-corrected chi connectivity index (χ3v) is 6.40. The summed E-state index contributed by atoms with van der Waals surface area (Å²) in [5.41, 5.74) is 0.850. The van der Waals surface area contributed by atoms with Crippen molar-refractivity contribution in [2.24, 2.45) is 0 Å². The molecular weight excluding hydrogens is 479 g/mol. The summed E-state index contributed by atoms with van der Waals surface area (Å²) < 4.78 is 47.3. The van der Waals surface area contributed by atoms with E-state index >= 15 is 0 Å². The number of rotatable bonds is 7. The molecule has 0 spiro atoms. The molecule has 0 radical (unpaired) electrons. The number of hydrogen-bond acceptors (Lipinski definition) is 6. The van der Waals surface area contributed by atoms with E-state index in [4.69, 9.17) is 4.74 Å². The highest BCUT2D eigenvalue weighted by molar-refractivity contribution is 7.99. The molecule has 4 rings (SSSR count). The second kappa shape index (κ2) is 13.6. The van der Waals surface area contributed by atoms with Crippen LogP contribution in [0.4, 0.5) is 13.2 Å². The number of hydrogen-bond donors (Lipinski definition) is 1. The average Bonchev–Trinajstić information content (AvgIpc) is 3.70. The second-order valence-electron chi connectivity index (χ2n) is 6.69. The largest absolute Gasteiger partial charge is 0.496 e. The molecule has 9 heteroatoms. The van der Waals surface area contributed by atoms with Gasteiger partial charge in [0.05, 0.1) is 17.6 Å². The third-order valence-electron chi connectivity index (χ3n) is 4.41. The van der Waals surface area contributed by atoms with E-state index in [1.165, 1.54) is 48.7 Å². The van der Waals surface area contributed by atoms with Crippen molar-refractivity contribution in [3.05, 3.63) is 60.4 Å². The molecule has 3 aromatic rings. The van der Waals surface area contributed by atoms with Crippen LogP contribution in [0.5, 0.6) is 5.75 Å². The van der Waals surface area contributed by atoms with E-state index in [1.54, 1.807) is 19.5 Å². The monoisotopic (exact) mass is 509 g/mol. The van der Waals surface area contributed by atoms with Crippen molar-refractivity contribution in [3.8, 4) is 17.0 Å². The van der Waals surface area contributed by atoms with Gasteiger partial charge in [0.1, 0.15) is 16.5 Å². The molecule has 0 saturated heterocycles. The number of nitrogens with one attached hydrogen (secondary N) is 1. The number of benzene rings is 2.